The first-order chi connectivity index (χ1) is 12.4. The van der Waals surface area contributed by atoms with E-state index in [9.17, 15) is 8.42 Å². The summed E-state index contributed by atoms with van der Waals surface area (Å²) < 4.78 is 25.2. The molecule has 7 heteroatoms. The molecule has 2 aliphatic heterocycles. The van der Waals surface area contributed by atoms with E-state index >= 15 is 0 Å². The zero-order chi connectivity index (χ0) is 18.3. The number of fused-ring (bicyclic) bond motifs is 1. The number of nitrogens with zero attached hydrogens (tertiary/aromatic N) is 2. The summed E-state index contributed by atoms with van der Waals surface area (Å²) in [6, 6.07) is 16.2. The first-order valence-corrected chi connectivity index (χ1v) is 12.0. The summed E-state index contributed by atoms with van der Waals surface area (Å²) in [6.45, 7) is 2.05. The molecule has 26 heavy (non-hydrogen) atoms. The largest absolute Gasteiger partial charge is 0.315 e. The molecule has 2 aromatic carbocycles. The molecule has 0 bridgehead atoms. The summed E-state index contributed by atoms with van der Waals surface area (Å²) in [7, 11) is -3.01. The van der Waals surface area contributed by atoms with Gasteiger partial charge in [0.15, 0.2) is 15.0 Å². The number of aryl methyl sites for hydroxylation is 1. The minimum atomic E-state index is -3.01. The van der Waals surface area contributed by atoms with E-state index in [0.29, 0.717) is 0 Å². The number of sulfone groups is 1. The number of hydrogen-bond acceptors (Lipinski definition) is 5. The van der Waals surface area contributed by atoms with E-state index in [2.05, 4.69) is 57.2 Å². The van der Waals surface area contributed by atoms with Crippen LogP contribution in [0.3, 0.4) is 0 Å². The van der Waals surface area contributed by atoms with Crippen molar-refractivity contribution < 1.29 is 8.42 Å². The highest BCUT2D eigenvalue weighted by atomic mass is 79.9. The Labute approximate surface area is 166 Å². The molecule has 136 valence electrons. The Balaban J connectivity index is 1.60. The van der Waals surface area contributed by atoms with Gasteiger partial charge < -0.3 is 4.90 Å². The average Bonchev–Trinajstić information content (AvgIpc) is 3.06. The van der Waals surface area contributed by atoms with Crippen molar-refractivity contribution >= 4 is 48.4 Å². The Kier molecular flexibility index (Phi) is 4.88. The van der Waals surface area contributed by atoms with Crippen molar-refractivity contribution in [1.82, 2.24) is 0 Å². The van der Waals surface area contributed by atoms with E-state index in [1.807, 2.05) is 19.1 Å². The van der Waals surface area contributed by atoms with Gasteiger partial charge in [-0.1, -0.05) is 57.5 Å². The number of benzene rings is 2. The minimum Gasteiger partial charge on any atom is -0.315 e. The van der Waals surface area contributed by atoms with Gasteiger partial charge in [0.1, 0.15) is 0 Å². The van der Waals surface area contributed by atoms with Crippen LogP contribution in [0.4, 0.5) is 5.69 Å². The van der Waals surface area contributed by atoms with Gasteiger partial charge in [-0.15, -0.1) is 0 Å². The Hall–Kier alpha value is -1.31. The average molecular weight is 451 g/mol. The second-order valence-electron chi connectivity index (χ2n) is 6.74. The second-order valence-corrected chi connectivity index (χ2v) is 10.8. The van der Waals surface area contributed by atoms with Crippen LogP contribution in [0.2, 0.25) is 0 Å². The van der Waals surface area contributed by atoms with Crippen LogP contribution >= 0.6 is 27.7 Å². The van der Waals surface area contributed by atoms with Crippen LogP contribution in [0.5, 0.6) is 0 Å². The van der Waals surface area contributed by atoms with Crippen molar-refractivity contribution in [3.05, 3.63) is 64.1 Å². The van der Waals surface area contributed by atoms with E-state index in [4.69, 9.17) is 4.99 Å². The molecule has 2 aromatic rings. The quantitative estimate of drug-likeness (QED) is 0.707. The zero-order valence-corrected chi connectivity index (χ0v) is 17.5. The monoisotopic (exact) mass is 450 g/mol. The highest BCUT2D eigenvalue weighted by molar-refractivity contribution is 9.10. The van der Waals surface area contributed by atoms with Crippen molar-refractivity contribution in [2.75, 3.05) is 16.4 Å². The topological polar surface area (TPSA) is 49.7 Å². The van der Waals surface area contributed by atoms with E-state index < -0.39 is 9.84 Å². The van der Waals surface area contributed by atoms with Gasteiger partial charge in [-0.05, 0) is 36.8 Å². The van der Waals surface area contributed by atoms with Crippen LogP contribution in [-0.2, 0) is 15.6 Å². The maximum atomic E-state index is 12.1. The van der Waals surface area contributed by atoms with Crippen LogP contribution in [0, 0.1) is 6.92 Å². The maximum Gasteiger partial charge on any atom is 0.164 e. The number of hydrogen-bond donors (Lipinski definition) is 0. The molecule has 0 N–H and O–H groups in total. The number of aliphatic imine (C=N–C) groups is 1. The Bertz CT molecular complexity index is 941. The molecule has 0 radical (unpaired) electrons. The van der Waals surface area contributed by atoms with Crippen LogP contribution in [0.15, 0.2) is 58.0 Å². The molecule has 0 aliphatic carbocycles. The summed E-state index contributed by atoms with van der Waals surface area (Å²) in [5.41, 5.74) is 3.42. The molecular formula is C19H19BrN2O2S2. The third-order valence-corrected chi connectivity index (χ3v) is 7.97. The lowest BCUT2D eigenvalue weighted by Crippen LogP contribution is -2.39. The van der Waals surface area contributed by atoms with Crippen LogP contribution in [0.25, 0.3) is 0 Å². The molecule has 1 saturated heterocycles. The van der Waals surface area contributed by atoms with Gasteiger partial charge in [-0.3, -0.25) is 4.99 Å². The van der Waals surface area contributed by atoms with Gasteiger partial charge >= 0.3 is 0 Å². The minimum absolute atomic E-state index is 0.0878. The van der Waals surface area contributed by atoms with E-state index in [1.165, 1.54) is 11.1 Å². The summed E-state index contributed by atoms with van der Waals surface area (Å²) >= 11 is 5.13. The van der Waals surface area contributed by atoms with Crippen molar-refractivity contribution in [1.29, 1.82) is 0 Å². The molecule has 0 saturated carbocycles. The van der Waals surface area contributed by atoms with Crippen LogP contribution in [-0.4, -0.2) is 37.2 Å². The number of thioether (sulfide) groups is 1. The normalized spacial score (nSPS) is 23.8. The maximum absolute atomic E-state index is 12.1. The van der Waals surface area contributed by atoms with Crippen molar-refractivity contribution in [3.8, 4) is 0 Å². The summed E-state index contributed by atoms with van der Waals surface area (Å²) in [4.78, 5) is 6.90. The van der Waals surface area contributed by atoms with E-state index in [0.717, 1.165) is 21.1 Å². The number of rotatable bonds is 3. The van der Waals surface area contributed by atoms with Crippen LogP contribution in [0.1, 0.15) is 11.1 Å². The van der Waals surface area contributed by atoms with Crippen molar-refractivity contribution in [2.24, 2.45) is 4.99 Å². The van der Waals surface area contributed by atoms with Gasteiger partial charge in [-0.2, -0.15) is 0 Å². The molecule has 4 nitrogen and oxygen atoms in total. The van der Waals surface area contributed by atoms with Crippen molar-refractivity contribution in [3.63, 3.8) is 0 Å². The molecule has 2 atom stereocenters. The molecule has 0 aromatic heterocycles. The third kappa shape index (κ3) is 3.70. The Morgan fingerprint density at radius 1 is 1.12 bits per heavy atom. The highest BCUT2D eigenvalue weighted by Gasteiger charge is 2.47. The van der Waals surface area contributed by atoms with E-state index in [1.54, 1.807) is 11.8 Å². The molecule has 0 spiro atoms. The zero-order valence-electron chi connectivity index (χ0n) is 14.3. The van der Waals surface area contributed by atoms with Gasteiger partial charge in [0, 0.05) is 15.9 Å². The molecule has 0 amide bonds. The fraction of sp³-hybridized carbons (Fsp3) is 0.316. The molecule has 2 aliphatic rings. The number of amidine groups is 1. The molecule has 4 rings (SSSR count). The predicted octanol–water partition coefficient (Wildman–Crippen LogP) is 4.03. The SMILES string of the molecule is Cc1ccc(N2C(SCc3ccc(Br)cc3)=NC3CS(=O)(=O)CC32)cc1. The lowest BCUT2D eigenvalue weighted by Gasteiger charge is -2.26. The molecular weight excluding hydrogens is 432 g/mol. The first-order valence-electron chi connectivity index (χ1n) is 8.43. The fourth-order valence-electron chi connectivity index (χ4n) is 3.37. The first kappa shape index (κ1) is 18.1. The van der Waals surface area contributed by atoms with Gasteiger partial charge in [0.05, 0.1) is 23.6 Å². The summed E-state index contributed by atoms with van der Waals surface area (Å²) in [5, 5.41) is 0.918. The summed E-state index contributed by atoms with van der Waals surface area (Å²) in [5.74, 6) is 1.14. The number of halogens is 1. The molecule has 1 fully saturated rings. The Morgan fingerprint density at radius 3 is 2.50 bits per heavy atom. The third-order valence-electron chi connectivity index (χ3n) is 4.70. The predicted molar refractivity (Wildman–Crippen MR) is 113 cm³/mol. The van der Waals surface area contributed by atoms with Gasteiger partial charge in [-0.25, -0.2) is 8.42 Å². The Morgan fingerprint density at radius 2 is 1.81 bits per heavy atom. The van der Waals surface area contributed by atoms with Crippen LogP contribution < -0.4 is 4.90 Å². The van der Waals surface area contributed by atoms with E-state index in [-0.39, 0.29) is 23.6 Å². The highest BCUT2D eigenvalue weighted by Crippen LogP contribution is 2.36. The summed E-state index contributed by atoms with van der Waals surface area (Å²) in [6.07, 6.45) is 0. The lowest BCUT2D eigenvalue weighted by atomic mass is 10.1. The lowest BCUT2D eigenvalue weighted by molar-refractivity contribution is 0.601. The fourth-order valence-corrected chi connectivity index (χ4v) is 6.56. The van der Waals surface area contributed by atoms with Gasteiger partial charge in [0.2, 0.25) is 0 Å². The number of anilines is 1. The second kappa shape index (κ2) is 7.02. The molecule has 2 heterocycles. The van der Waals surface area contributed by atoms with Crippen molar-refractivity contribution in [2.45, 2.75) is 24.8 Å². The standard InChI is InChI=1S/C19H19BrN2O2S2/c1-13-2-8-16(9-3-13)22-18-12-26(23,24)11-17(18)21-19(22)25-10-14-4-6-15(20)7-5-14/h2-9,17-18H,10-12H2,1H3. The smallest absolute Gasteiger partial charge is 0.164 e. The molecule has 2 unspecified atom stereocenters. The van der Waals surface area contributed by atoms with Gasteiger partial charge in [0.25, 0.3) is 0 Å².